The number of hydrogen-bond acceptors (Lipinski definition) is 2. The van der Waals surface area contributed by atoms with E-state index in [1.165, 1.54) is 28.8 Å². The highest BCUT2D eigenvalue weighted by Gasteiger charge is 2.78. The fourth-order valence-corrected chi connectivity index (χ4v) is 7.15. The molecule has 1 saturated carbocycles. The number of halogens is 1. The van der Waals surface area contributed by atoms with Crippen molar-refractivity contribution in [1.82, 2.24) is 14.7 Å². The van der Waals surface area contributed by atoms with E-state index >= 15 is 0 Å². The molecule has 3 atom stereocenters. The molecule has 1 aliphatic carbocycles. The Morgan fingerprint density at radius 3 is 2.34 bits per heavy atom. The summed E-state index contributed by atoms with van der Waals surface area (Å²) in [6.45, 7) is 5.93. The predicted molar refractivity (Wildman–Crippen MR) is 147 cm³/mol. The normalized spacial score (nSPS) is 24.0. The number of fused-ring (bicyclic) bond motifs is 2. The van der Waals surface area contributed by atoms with Gasteiger partial charge in [-0.25, -0.2) is 9.07 Å². The number of amides is 1. The molecule has 5 heteroatoms. The Morgan fingerprint density at radius 1 is 0.947 bits per heavy atom. The molecule has 188 valence electrons. The van der Waals surface area contributed by atoms with Gasteiger partial charge in [0.1, 0.15) is 5.82 Å². The molecular formula is C33H28FN3O. The van der Waals surface area contributed by atoms with Crippen molar-refractivity contribution in [3.8, 4) is 5.69 Å². The number of rotatable bonds is 4. The van der Waals surface area contributed by atoms with Gasteiger partial charge in [-0.3, -0.25) is 4.79 Å². The van der Waals surface area contributed by atoms with E-state index in [-0.39, 0.29) is 22.6 Å². The van der Waals surface area contributed by atoms with Crippen LogP contribution in [0.15, 0.2) is 103 Å². The monoisotopic (exact) mass is 501 g/mol. The van der Waals surface area contributed by atoms with Crippen LogP contribution >= 0.6 is 0 Å². The van der Waals surface area contributed by atoms with Gasteiger partial charge in [0.05, 0.1) is 17.4 Å². The molecule has 1 aliphatic heterocycles. The Kier molecular flexibility index (Phi) is 4.90. The molecule has 1 aromatic heterocycles. The average Bonchev–Trinajstić information content (AvgIpc) is 3.29. The van der Waals surface area contributed by atoms with Crippen LogP contribution in [0.1, 0.15) is 34.0 Å². The smallest absolute Gasteiger partial charge is 0.253 e. The highest BCUT2D eigenvalue weighted by molar-refractivity contribution is 5.95. The number of carbonyl (C=O) groups is 1. The van der Waals surface area contributed by atoms with Gasteiger partial charge in [-0.2, -0.15) is 5.10 Å². The van der Waals surface area contributed by atoms with Gasteiger partial charge in [-0.15, -0.1) is 0 Å². The Morgan fingerprint density at radius 2 is 1.63 bits per heavy atom. The Bertz CT molecular complexity index is 1680. The van der Waals surface area contributed by atoms with Crippen LogP contribution in [0.4, 0.5) is 4.39 Å². The van der Waals surface area contributed by atoms with Crippen LogP contribution in [0, 0.1) is 18.7 Å². The second-order valence-electron chi connectivity index (χ2n) is 10.9. The fourth-order valence-electron chi connectivity index (χ4n) is 7.15. The first-order chi connectivity index (χ1) is 18.4. The van der Waals surface area contributed by atoms with Gasteiger partial charge in [-0.1, -0.05) is 55.5 Å². The third-order valence-corrected chi connectivity index (χ3v) is 9.13. The first-order valence-corrected chi connectivity index (χ1v) is 13.1. The maximum Gasteiger partial charge on any atom is 0.253 e. The van der Waals surface area contributed by atoms with Crippen molar-refractivity contribution in [2.75, 3.05) is 13.1 Å². The molecule has 7 rings (SSSR count). The summed E-state index contributed by atoms with van der Waals surface area (Å²) >= 11 is 0. The number of benzene rings is 4. The molecule has 2 fully saturated rings. The fraction of sp³-hybridized carbons (Fsp3) is 0.212. The Balaban J connectivity index is 1.34. The molecule has 2 heterocycles. The van der Waals surface area contributed by atoms with Gasteiger partial charge in [0.25, 0.3) is 5.91 Å². The summed E-state index contributed by atoms with van der Waals surface area (Å²) in [5.74, 6) is 0.141. The minimum Gasteiger partial charge on any atom is -0.337 e. The highest BCUT2D eigenvalue weighted by Crippen LogP contribution is 2.73. The molecule has 2 aliphatic rings. The van der Waals surface area contributed by atoms with Gasteiger partial charge in [0.15, 0.2) is 0 Å². The lowest BCUT2D eigenvalue weighted by Gasteiger charge is -2.31. The van der Waals surface area contributed by atoms with Crippen LogP contribution in [0.3, 0.4) is 0 Å². The van der Waals surface area contributed by atoms with Crippen molar-refractivity contribution in [2.24, 2.45) is 5.92 Å². The van der Waals surface area contributed by atoms with Crippen LogP contribution in [0.25, 0.3) is 16.6 Å². The van der Waals surface area contributed by atoms with Crippen LogP contribution in [0.5, 0.6) is 0 Å². The number of nitrogens with zero attached hydrogens (tertiary/aromatic N) is 3. The third kappa shape index (κ3) is 3.08. The minimum absolute atomic E-state index is 0.0763. The SMILES string of the molecule is Cc1cc2c(cnn2-c2ccc(F)cc2)cc1[C@@]12CN(C(=O)c3ccccc3)C[C@@H]1[C@@]2(C)c1ccccc1. The summed E-state index contributed by atoms with van der Waals surface area (Å²) in [4.78, 5) is 15.5. The zero-order valence-corrected chi connectivity index (χ0v) is 21.4. The molecule has 1 amide bonds. The quantitative estimate of drug-likeness (QED) is 0.284. The molecule has 38 heavy (non-hydrogen) atoms. The molecule has 1 saturated heterocycles. The molecule has 5 aromatic rings. The van der Waals surface area contributed by atoms with Crippen molar-refractivity contribution >= 4 is 16.8 Å². The van der Waals surface area contributed by atoms with E-state index < -0.39 is 0 Å². The first kappa shape index (κ1) is 22.9. The summed E-state index contributed by atoms with van der Waals surface area (Å²) in [6, 6.07) is 31.2. The van der Waals surface area contributed by atoms with Crippen molar-refractivity contribution < 1.29 is 9.18 Å². The van der Waals surface area contributed by atoms with Gasteiger partial charge in [0, 0.05) is 34.9 Å². The molecule has 4 aromatic carbocycles. The predicted octanol–water partition coefficient (Wildman–Crippen LogP) is 6.45. The summed E-state index contributed by atoms with van der Waals surface area (Å²) < 4.78 is 15.4. The van der Waals surface area contributed by atoms with E-state index in [9.17, 15) is 9.18 Å². The van der Waals surface area contributed by atoms with Crippen molar-refractivity contribution in [1.29, 1.82) is 0 Å². The van der Waals surface area contributed by atoms with Crippen LogP contribution in [-0.2, 0) is 10.8 Å². The summed E-state index contributed by atoms with van der Waals surface area (Å²) in [5, 5.41) is 5.69. The number of aromatic nitrogens is 2. The van der Waals surface area contributed by atoms with E-state index in [2.05, 4.69) is 61.4 Å². The largest absolute Gasteiger partial charge is 0.337 e. The maximum absolute atomic E-state index is 13.5. The molecular weight excluding hydrogens is 473 g/mol. The number of carbonyl (C=O) groups excluding carboxylic acids is 1. The highest BCUT2D eigenvalue weighted by atomic mass is 19.1. The van der Waals surface area contributed by atoms with Crippen molar-refractivity contribution in [3.05, 3.63) is 131 Å². The molecule has 4 nitrogen and oxygen atoms in total. The Hall–Kier alpha value is -4.25. The van der Waals surface area contributed by atoms with E-state index in [1.54, 1.807) is 12.1 Å². The van der Waals surface area contributed by atoms with E-state index in [4.69, 9.17) is 0 Å². The van der Waals surface area contributed by atoms with Gasteiger partial charge >= 0.3 is 0 Å². The molecule has 0 spiro atoms. The second kappa shape index (κ2) is 8.12. The van der Waals surface area contributed by atoms with Crippen molar-refractivity contribution in [3.63, 3.8) is 0 Å². The molecule has 0 radical (unpaired) electrons. The zero-order valence-electron chi connectivity index (χ0n) is 21.4. The van der Waals surface area contributed by atoms with Gasteiger partial charge in [0.2, 0.25) is 0 Å². The van der Waals surface area contributed by atoms with E-state index in [0.29, 0.717) is 12.5 Å². The van der Waals surface area contributed by atoms with Crippen LogP contribution in [0.2, 0.25) is 0 Å². The van der Waals surface area contributed by atoms with Crippen molar-refractivity contribution in [2.45, 2.75) is 24.7 Å². The zero-order chi connectivity index (χ0) is 26.1. The molecule has 0 bridgehead atoms. The number of aryl methyl sites for hydroxylation is 1. The number of piperidine rings is 1. The number of hydrogen-bond donors (Lipinski definition) is 0. The topological polar surface area (TPSA) is 38.1 Å². The summed E-state index contributed by atoms with van der Waals surface area (Å²) in [6.07, 6.45) is 1.89. The standard InChI is InChI=1S/C33H28FN3O/c1-22-17-29-24(19-35-37(29)27-15-13-26(34)14-16-27)18-28(22)33-21-36(31(38)23-9-5-3-6-10-23)20-30(33)32(33,2)25-11-7-4-8-12-25/h3-19,30H,20-21H2,1-2H3/t30-,32-,33+/m1/s1. The number of likely N-dealkylation sites (tertiary alicyclic amines) is 1. The molecule has 0 N–H and O–H groups in total. The first-order valence-electron chi connectivity index (χ1n) is 13.1. The van der Waals surface area contributed by atoms with E-state index in [1.807, 2.05) is 46.1 Å². The average molecular weight is 502 g/mol. The van der Waals surface area contributed by atoms with Gasteiger partial charge in [-0.05, 0) is 78.1 Å². The minimum atomic E-state index is -0.265. The third-order valence-electron chi connectivity index (χ3n) is 9.13. The lowest BCUT2D eigenvalue weighted by atomic mass is 9.80. The second-order valence-corrected chi connectivity index (χ2v) is 10.9. The van der Waals surface area contributed by atoms with E-state index in [0.717, 1.165) is 28.7 Å². The Labute approximate surface area is 221 Å². The molecule has 0 unspecified atom stereocenters. The van der Waals surface area contributed by atoms with Crippen LogP contribution < -0.4 is 0 Å². The lowest BCUT2D eigenvalue weighted by molar-refractivity contribution is 0.0760. The van der Waals surface area contributed by atoms with Crippen LogP contribution in [-0.4, -0.2) is 33.7 Å². The maximum atomic E-state index is 13.5. The van der Waals surface area contributed by atoms with Gasteiger partial charge < -0.3 is 4.90 Å². The summed E-state index contributed by atoms with van der Waals surface area (Å²) in [7, 11) is 0. The summed E-state index contributed by atoms with van der Waals surface area (Å²) in [5.41, 5.74) is 6.07. The lowest BCUT2D eigenvalue weighted by Crippen LogP contribution is -2.38.